The lowest BCUT2D eigenvalue weighted by Gasteiger charge is -2.11. The maximum absolute atomic E-state index is 11.7. The van der Waals surface area contributed by atoms with Gasteiger partial charge < -0.3 is 4.74 Å². The number of nitrogens with two attached hydrogens (primary N) is 1. The molecule has 104 valence electrons. The summed E-state index contributed by atoms with van der Waals surface area (Å²) in [6.45, 7) is 0.270. The van der Waals surface area contributed by atoms with E-state index < -0.39 is 5.91 Å². The Morgan fingerprint density at radius 1 is 1.30 bits per heavy atom. The molecular formula is C14H12BrClN2O2. The van der Waals surface area contributed by atoms with Gasteiger partial charge in [-0.15, -0.1) is 0 Å². The van der Waals surface area contributed by atoms with Gasteiger partial charge in [0.2, 0.25) is 0 Å². The van der Waals surface area contributed by atoms with E-state index in [1.807, 2.05) is 18.2 Å². The zero-order chi connectivity index (χ0) is 14.5. The minimum absolute atomic E-state index is 0.270. The molecule has 0 saturated heterocycles. The largest absolute Gasteiger partial charge is 0.488 e. The van der Waals surface area contributed by atoms with Crippen LogP contribution in [0.5, 0.6) is 5.75 Å². The first-order valence-corrected chi connectivity index (χ1v) is 6.95. The summed E-state index contributed by atoms with van der Waals surface area (Å²) >= 11 is 9.36. The quantitative estimate of drug-likeness (QED) is 0.502. The van der Waals surface area contributed by atoms with Gasteiger partial charge in [0, 0.05) is 15.1 Å². The fraction of sp³-hybridized carbons (Fsp3) is 0.0714. The van der Waals surface area contributed by atoms with Crippen LogP contribution in [-0.4, -0.2) is 5.91 Å². The molecular weight excluding hydrogens is 344 g/mol. The molecule has 6 heteroatoms. The first-order chi connectivity index (χ1) is 9.61. The third-order valence-electron chi connectivity index (χ3n) is 2.66. The molecule has 0 aliphatic rings. The zero-order valence-corrected chi connectivity index (χ0v) is 12.7. The maximum atomic E-state index is 11.7. The average Bonchev–Trinajstić information content (AvgIpc) is 2.46. The molecule has 0 atom stereocenters. The second-order valence-electron chi connectivity index (χ2n) is 3.99. The van der Waals surface area contributed by atoms with E-state index in [0.29, 0.717) is 16.3 Å². The lowest BCUT2D eigenvalue weighted by Crippen LogP contribution is -2.30. The van der Waals surface area contributed by atoms with Gasteiger partial charge in [-0.05, 0) is 24.3 Å². The van der Waals surface area contributed by atoms with Gasteiger partial charge in [-0.1, -0.05) is 45.7 Å². The van der Waals surface area contributed by atoms with Gasteiger partial charge in [0.25, 0.3) is 5.91 Å². The Morgan fingerprint density at radius 3 is 2.75 bits per heavy atom. The molecule has 0 saturated carbocycles. The van der Waals surface area contributed by atoms with Crippen molar-refractivity contribution in [1.29, 1.82) is 0 Å². The number of nitrogen functional groups attached to an aromatic ring is 1. The van der Waals surface area contributed by atoms with Crippen molar-refractivity contribution in [2.75, 3.05) is 0 Å². The number of ether oxygens (including phenoxy) is 1. The SMILES string of the molecule is NNC(=O)c1cc(Br)ccc1OCc1ccccc1Cl. The molecule has 2 rings (SSSR count). The molecule has 0 bridgehead atoms. The molecule has 0 aliphatic carbocycles. The summed E-state index contributed by atoms with van der Waals surface area (Å²) in [6, 6.07) is 12.5. The van der Waals surface area contributed by atoms with Crippen LogP contribution in [0.3, 0.4) is 0 Å². The molecule has 0 aliphatic heterocycles. The zero-order valence-electron chi connectivity index (χ0n) is 10.4. The Morgan fingerprint density at radius 2 is 2.05 bits per heavy atom. The standard InChI is InChI=1S/C14H12BrClN2O2/c15-10-5-6-13(11(7-10)14(19)18-17)20-8-9-3-1-2-4-12(9)16/h1-7H,8,17H2,(H,18,19). The number of amides is 1. The number of hydrogen-bond acceptors (Lipinski definition) is 3. The molecule has 0 aromatic heterocycles. The van der Waals surface area contributed by atoms with Gasteiger partial charge >= 0.3 is 0 Å². The van der Waals surface area contributed by atoms with E-state index in [2.05, 4.69) is 21.4 Å². The minimum atomic E-state index is -0.416. The Kier molecular flexibility index (Phi) is 5.00. The minimum Gasteiger partial charge on any atom is -0.488 e. The van der Waals surface area contributed by atoms with Gasteiger partial charge in [-0.3, -0.25) is 10.2 Å². The number of nitrogens with one attached hydrogen (secondary N) is 1. The van der Waals surface area contributed by atoms with Gasteiger partial charge in [0.05, 0.1) is 5.56 Å². The van der Waals surface area contributed by atoms with E-state index in [0.717, 1.165) is 10.0 Å². The van der Waals surface area contributed by atoms with Crippen molar-refractivity contribution in [2.45, 2.75) is 6.61 Å². The van der Waals surface area contributed by atoms with Crippen LogP contribution in [0.25, 0.3) is 0 Å². The molecule has 0 heterocycles. The van der Waals surface area contributed by atoms with E-state index in [1.165, 1.54) is 0 Å². The number of benzene rings is 2. The van der Waals surface area contributed by atoms with Crippen LogP contribution in [-0.2, 0) is 6.61 Å². The molecule has 2 aromatic carbocycles. The summed E-state index contributed by atoms with van der Waals surface area (Å²) in [7, 11) is 0. The van der Waals surface area contributed by atoms with Gasteiger partial charge in [-0.25, -0.2) is 5.84 Å². The predicted molar refractivity (Wildman–Crippen MR) is 81.6 cm³/mol. The summed E-state index contributed by atoms with van der Waals surface area (Å²) in [5, 5.41) is 0.620. The highest BCUT2D eigenvalue weighted by Gasteiger charge is 2.12. The number of hydrogen-bond donors (Lipinski definition) is 2. The number of hydrazine groups is 1. The first-order valence-electron chi connectivity index (χ1n) is 5.78. The highest BCUT2D eigenvalue weighted by Crippen LogP contribution is 2.25. The van der Waals surface area contributed by atoms with Crippen LogP contribution in [0.2, 0.25) is 5.02 Å². The molecule has 0 fully saturated rings. The Bertz CT molecular complexity index is 634. The van der Waals surface area contributed by atoms with Crippen molar-refractivity contribution < 1.29 is 9.53 Å². The summed E-state index contributed by atoms with van der Waals surface area (Å²) in [6.07, 6.45) is 0. The fourth-order valence-electron chi connectivity index (χ4n) is 1.65. The summed E-state index contributed by atoms with van der Waals surface area (Å²) in [5.41, 5.74) is 3.29. The van der Waals surface area contributed by atoms with Crippen LogP contribution >= 0.6 is 27.5 Å². The third-order valence-corrected chi connectivity index (χ3v) is 3.52. The number of halogens is 2. The van der Waals surface area contributed by atoms with Crippen LogP contribution < -0.4 is 16.0 Å². The summed E-state index contributed by atoms with van der Waals surface area (Å²) in [5.74, 6) is 5.19. The van der Waals surface area contributed by atoms with Crippen LogP contribution in [0.15, 0.2) is 46.9 Å². The van der Waals surface area contributed by atoms with Crippen LogP contribution in [0.4, 0.5) is 0 Å². The van der Waals surface area contributed by atoms with E-state index in [4.69, 9.17) is 22.2 Å². The normalized spacial score (nSPS) is 10.2. The average molecular weight is 356 g/mol. The Balaban J connectivity index is 2.21. The van der Waals surface area contributed by atoms with Crippen molar-refractivity contribution in [3.8, 4) is 5.75 Å². The summed E-state index contributed by atoms with van der Waals surface area (Å²) in [4.78, 5) is 11.7. The first kappa shape index (κ1) is 14.8. The van der Waals surface area contributed by atoms with Gasteiger partial charge in [0.15, 0.2) is 0 Å². The van der Waals surface area contributed by atoms with Crippen molar-refractivity contribution >= 4 is 33.4 Å². The molecule has 0 radical (unpaired) electrons. The Hall–Kier alpha value is -1.56. The second kappa shape index (κ2) is 6.74. The predicted octanol–water partition coefficient (Wildman–Crippen LogP) is 3.29. The highest BCUT2D eigenvalue weighted by atomic mass is 79.9. The van der Waals surface area contributed by atoms with Crippen LogP contribution in [0, 0.1) is 0 Å². The molecule has 1 amide bonds. The smallest absolute Gasteiger partial charge is 0.268 e. The van der Waals surface area contributed by atoms with E-state index in [-0.39, 0.29) is 6.61 Å². The van der Waals surface area contributed by atoms with E-state index >= 15 is 0 Å². The Labute approximate surface area is 130 Å². The van der Waals surface area contributed by atoms with Gasteiger partial charge in [0.1, 0.15) is 12.4 Å². The van der Waals surface area contributed by atoms with E-state index in [9.17, 15) is 4.79 Å². The topological polar surface area (TPSA) is 64.3 Å². The maximum Gasteiger partial charge on any atom is 0.268 e. The second-order valence-corrected chi connectivity index (χ2v) is 5.32. The van der Waals surface area contributed by atoms with Crippen molar-refractivity contribution in [2.24, 2.45) is 5.84 Å². The highest BCUT2D eigenvalue weighted by molar-refractivity contribution is 9.10. The molecule has 20 heavy (non-hydrogen) atoms. The fourth-order valence-corrected chi connectivity index (χ4v) is 2.21. The molecule has 3 N–H and O–H groups in total. The van der Waals surface area contributed by atoms with Crippen molar-refractivity contribution in [3.63, 3.8) is 0 Å². The monoisotopic (exact) mass is 354 g/mol. The van der Waals surface area contributed by atoms with Crippen molar-refractivity contribution in [3.05, 3.63) is 63.1 Å². The van der Waals surface area contributed by atoms with E-state index in [1.54, 1.807) is 24.3 Å². The molecule has 0 unspecified atom stereocenters. The summed E-state index contributed by atoms with van der Waals surface area (Å²) < 4.78 is 6.43. The third kappa shape index (κ3) is 3.50. The number of rotatable bonds is 4. The lowest BCUT2D eigenvalue weighted by atomic mass is 10.2. The van der Waals surface area contributed by atoms with Crippen molar-refractivity contribution in [1.82, 2.24) is 5.43 Å². The lowest BCUT2D eigenvalue weighted by molar-refractivity contribution is 0.0949. The molecule has 2 aromatic rings. The molecule has 4 nitrogen and oxygen atoms in total. The van der Waals surface area contributed by atoms with Gasteiger partial charge in [-0.2, -0.15) is 0 Å². The number of carbonyl (C=O) groups excluding carboxylic acids is 1. The molecule has 0 spiro atoms. The number of carbonyl (C=O) groups is 1. The van der Waals surface area contributed by atoms with Crippen LogP contribution in [0.1, 0.15) is 15.9 Å².